The van der Waals surface area contributed by atoms with Gasteiger partial charge in [-0.25, -0.2) is 0 Å². The van der Waals surface area contributed by atoms with Crippen LogP contribution in [-0.4, -0.2) is 23.5 Å². The van der Waals surface area contributed by atoms with Crippen LogP contribution in [0.5, 0.6) is 5.75 Å². The van der Waals surface area contributed by atoms with E-state index in [9.17, 15) is 4.79 Å². The normalized spacial score (nSPS) is 11.0. The lowest BCUT2D eigenvalue weighted by atomic mass is 10.1. The minimum absolute atomic E-state index is 0.0164. The molecule has 0 bridgehead atoms. The van der Waals surface area contributed by atoms with Crippen LogP contribution < -0.4 is 4.74 Å². The standard InChI is InChI=1S/C21H25NO2/c1-4-24-20-13-10-18(11-14-20)12-15-21(23)22(17(2)3)16-19-8-6-5-7-9-19/h5-15,17H,4,16H2,1-3H3/b15-12+. The Balaban J connectivity index is 2.04. The van der Waals surface area contributed by atoms with E-state index in [-0.39, 0.29) is 11.9 Å². The average molecular weight is 323 g/mol. The van der Waals surface area contributed by atoms with Crippen LogP contribution in [0.4, 0.5) is 0 Å². The highest BCUT2D eigenvalue weighted by Gasteiger charge is 2.14. The van der Waals surface area contributed by atoms with E-state index in [0.717, 1.165) is 16.9 Å². The predicted molar refractivity (Wildman–Crippen MR) is 98.8 cm³/mol. The first-order valence-electron chi connectivity index (χ1n) is 8.35. The molecule has 0 heterocycles. The van der Waals surface area contributed by atoms with Crippen LogP contribution in [0.1, 0.15) is 31.9 Å². The third-order valence-electron chi connectivity index (χ3n) is 3.71. The molecular weight excluding hydrogens is 298 g/mol. The number of carbonyl (C=O) groups excluding carboxylic acids is 1. The molecule has 24 heavy (non-hydrogen) atoms. The summed E-state index contributed by atoms with van der Waals surface area (Å²) in [4.78, 5) is 14.4. The largest absolute Gasteiger partial charge is 0.494 e. The molecule has 1 amide bonds. The lowest BCUT2D eigenvalue weighted by Gasteiger charge is -2.25. The molecule has 0 aliphatic rings. The Labute approximate surface area is 144 Å². The van der Waals surface area contributed by atoms with Gasteiger partial charge < -0.3 is 9.64 Å². The summed E-state index contributed by atoms with van der Waals surface area (Å²) in [6.07, 6.45) is 3.48. The summed E-state index contributed by atoms with van der Waals surface area (Å²) in [5.41, 5.74) is 2.12. The minimum atomic E-state index is 0.0164. The van der Waals surface area contributed by atoms with E-state index in [1.54, 1.807) is 6.08 Å². The molecule has 2 aromatic rings. The van der Waals surface area contributed by atoms with Gasteiger partial charge in [-0.15, -0.1) is 0 Å². The quantitative estimate of drug-likeness (QED) is 0.700. The van der Waals surface area contributed by atoms with E-state index in [1.165, 1.54) is 0 Å². The molecule has 0 atom stereocenters. The van der Waals surface area contributed by atoms with Crippen LogP contribution in [0.2, 0.25) is 0 Å². The first kappa shape index (κ1) is 17.8. The Bertz CT molecular complexity index is 660. The van der Waals surface area contributed by atoms with Crippen LogP contribution in [0.25, 0.3) is 6.08 Å². The third-order valence-corrected chi connectivity index (χ3v) is 3.71. The van der Waals surface area contributed by atoms with Crippen LogP contribution in [0.3, 0.4) is 0 Å². The fraction of sp³-hybridized carbons (Fsp3) is 0.286. The van der Waals surface area contributed by atoms with Crippen molar-refractivity contribution in [2.75, 3.05) is 6.61 Å². The maximum Gasteiger partial charge on any atom is 0.247 e. The Morgan fingerprint density at radius 1 is 1.08 bits per heavy atom. The average Bonchev–Trinajstić information content (AvgIpc) is 2.60. The van der Waals surface area contributed by atoms with E-state index < -0.39 is 0 Å². The second-order valence-electron chi connectivity index (χ2n) is 5.88. The number of hydrogen-bond acceptors (Lipinski definition) is 2. The van der Waals surface area contributed by atoms with Gasteiger partial charge in [-0.1, -0.05) is 42.5 Å². The van der Waals surface area contributed by atoms with Crippen molar-refractivity contribution in [3.05, 3.63) is 71.8 Å². The van der Waals surface area contributed by atoms with Gasteiger partial charge in [-0.05, 0) is 50.1 Å². The van der Waals surface area contributed by atoms with Crippen LogP contribution in [0.15, 0.2) is 60.7 Å². The molecular formula is C21H25NO2. The van der Waals surface area contributed by atoms with E-state index in [4.69, 9.17) is 4.74 Å². The third kappa shape index (κ3) is 5.27. The van der Waals surface area contributed by atoms with Gasteiger partial charge in [0, 0.05) is 18.7 Å². The van der Waals surface area contributed by atoms with Gasteiger partial charge in [-0.2, -0.15) is 0 Å². The number of ether oxygens (including phenoxy) is 1. The number of carbonyl (C=O) groups is 1. The zero-order chi connectivity index (χ0) is 17.4. The topological polar surface area (TPSA) is 29.5 Å². The van der Waals surface area contributed by atoms with Gasteiger partial charge in [-0.3, -0.25) is 4.79 Å². The van der Waals surface area contributed by atoms with Crippen molar-refractivity contribution in [3.63, 3.8) is 0 Å². The number of nitrogens with zero attached hydrogens (tertiary/aromatic N) is 1. The Morgan fingerprint density at radius 2 is 1.75 bits per heavy atom. The van der Waals surface area contributed by atoms with Crippen molar-refractivity contribution in [3.8, 4) is 5.75 Å². The summed E-state index contributed by atoms with van der Waals surface area (Å²) in [6, 6.07) is 17.9. The molecule has 3 heteroatoms. The van der Waals surface area contributed by atoms with Crippen molar-refractivity contribution in [2.45, 2.75) is 33.4 Å². The minimum Gasteiger partial charge on any atom is -0.494 e. The summed E-state index contributed by atoms with van der Waals surface area (Å²) < 4.78 is 5.42. The van der Waals surface area contributed by atoms with Crippen LogP contribution in [-0.2, 0) is 11.3 Å². The molecule has 0 aromatic heterocycles. The monoisotopic (exact) mass is 323 g/mol. The fourth-order valence-corrected chi connectivity index (χ4v) is 2.40. The first-order chi connectivity index (χ1) is 11.6. The molecule has 0 radical (unpaired) electrons. The zero-order valence-electron chi connectivity index (χ0n) is 14.6. The maximum absolute atomic E-state index is 12.5. The van der Waals surface area contributed by atoms with E-state index >= 15 is 0 Å². The Hall–Kier alpha value is -2.55. The first-order valence-corrected chi connectivity index (χ1v) is 8.35. The second kappa shape index (κ2) is 8.92. The number of benzene rings is 2. The summed E-state index contributed by atoms with van der Waals surface area (Å²) in [7, 11) is 0. The number of hydrogen-bond donors (Lipinski definition) is 0. The molecule has 2 rings (SSSR count). The highest BCUT2D eigenvalue weighted by Crippen LogP contribution is 2.14. The van der Waals surface area contributed by atoms with Crippen molar-refractivity contribution in [1.29, 1.82) is 0 Å². The summed E-state index contributed by atoms with van der Waals surface area (Å²) in [5, 5.41) is 0. The highest BCUT2D eigenvalue weighted by molar-refractivity contribution is 5.92. The molecule has 3 nitrogen and oxygen atoms in total. The van der Waals surface area contributed by atoms with Gasteiger partial charge in [0.05, 0.1) is 6.61 Å². The molecule has 0 unspecified atom stereocenters. The van der Waals surface area contributed by atoms with E-state index in [1.807, 2.05) is 86.3 Å². The molecule has 0 saturated carbocycles. The summed E-state index contributed by atoms with van der Waals surface area (Å²) >= 11 is 0. The highest BCUT2D eigenvalue weighted by atomic mass is 16.5. The van der Waals surface area contributed by atoms with E-state index in [0.29, 0.717) is 13.2 Å². The van der Waals surface area contributed by atoms with Crippen LogP contribution >= 0.6 is 0 Å². The van der Waals surface area contributed by atoms with Crippen LogP contribution in [0, 0.1) is 0 Å². The van der Waals surface area contributed by atoms with Gasteiger partial charge in [0.1, 0.15) is 5.75 Å². The van der Waals surface area contributed by atoms with Crippen molar-refractivity contribution < 1.29 is 9.53 Å². The molecule has 126 valence electrons. The summed E-state index contributed by atoms with van der Waals surface area (Å²) in [6.45, 7) is 7.29. The smallest absolute Gasteiger partial charge is 0.247 e. The zero-order valence-corrected chi connectivity index (χ0v) is 14.6. The van der Waals surface area contributed by atoms with E-state index in [2.05, 4.69) is 0 Å². The molecule has 2 aromatic carbocycles. The maximum atomic E-state index is 12.5. The second-order valence-corrected chi connectivity index (χ2v) is 5.88. The van der Waals surface area contributed by atoms with Crippen molar-refractivity contribution in [2.24, 2.45) is 0 Å². The molecule has 0 saturated heterocycles. The molecule has 0 N–H and O–H groups in total. The van der Waals surface area contributed by atoms with Crippen molar-refractivity contribution in [1.82, 2.24) is 4.90 Å². The molecule has 0 spiro atoms. The fourth-order valence-electron chi connectivity index (χ4n) is 2.40. The number of rotatable bonds is 7. The van der Waals surface area contributed by atoms with Gasteiger partial charge in [0.15, 0.2) is 0 Å². The molecule has 0 aliphatic heterocycles. The van der Waals surface area contributed by atoms with Crippen molar-refractivity contribution >= 4 is 12.0 Å². The van der Waals surface area contributed by atoms with Gasteiger partial charge in [0.2, 0.25) is 5.91 Å². The summed E-state index contributed by atoms with van der Waals surface area (Å²) in [5.74, 6) is 0.858. The Kier molecular flexibility index (Phi) is 6.62. The SMILES string of the molecule is CCOc1ccc(/C=C/C(=O)N(Cc2ccccc2)C(C)C)cc1. The lowest BCUT2D eigenvalue weighted by Crippen LogP contribution is -2.35. The number of amides is 1. The predicted octanol–water partition coefficient (Wildman–Crippen LogP) is 4.54. The lowest BCUT2D eigenvalue weighted by molar-refractivity contribution is -0.128. The van der Waals surface area contributed by atoms with Gasteiger partial charge >= 0.3 is 0 Å². The molecule has 0 aliphatic carbocycles. The van der Waals surface area contributed by atoms with Gasteiger partial charge in [0.25, 0.3) is 0 Å². The molecule has 0 fully saturated rings. The Morgan fingerprint density at radius 3 is 2.33 bits per heavy atom.